The molecule has 3 N–H and O–H groups in total. The molecular weight excluding hydrogens is 284 g/mol. The summed E-state index contributed by atoms with van der Waals surface area (Å²) in [6, 6.07) is 7.58. The van der Waals surface area contributed by atoms with E-state index in [1.54, 1.807) is 0 Å². The molecule has 4 nitrogen and oxygen atoms in total. The van der Waals surface area contributed by atoms with Crippen molar-refractivity contribution in [2.24, 2.45) is 5.73 Å². The Hall–Kier alpha value is -1.17. The van der Waals surface area contributed by atoms with Crippen molar-refractivity contribution < 1.29 is 9.84 Å². The van der Waals surface area contributed by atoms with Gasteiger partial charge in [-0.25, -0.2) is 0 Å². The summed E-state index contributed by atoms with van der Waals surface area (Å²) in [5.41, 5.74) is 6.44. The number of hydrogen-bond acceptors (Lipinski definition) is 4. The van der Waals surface area contributed by atoms with Crippen LogP contribution < -0.4 is 10.5 Å². The molecule has 0 fully saturated rings. The highest BCUT2D eigenvalue weighted by Gasteiger charge is 2.01. The normalized spacial score (nSPS) is 10.8. The second-order valence-corrected chi connectivity index (χ2v) is 5.62. The van der Waals surface area contributed by atoms with E-state index in [1.165, 1.54) is 0 Å². The van der Waals surface area contributed by atoms with Gasteiger partial charge < -0.3 is 20.5 Å². The van der Waals surface area contributed by atoms with Crippen molar-refractivity contribution in [1.82, 2.24) is 4.90 Å². The monoisotopic (exact) mass is 310 g/mol. The number of aliphatic hydroxyl groups excluding tert-OH is 1. The van der Waals surface area contributed by atoms with Gasteiger partial charge in [0.2, 0.25) is 0 Å². The van der Waals surface area contributed by atoms with Crippen LogP contribution in [0.4, 0.5) is 0 Å². The van der Waals surface area contributed by atoms with Gasteiger partial charge in [0.1, 0.15) is 10.7 Å². The van der Waals surface area contributed by atoms with Crippen LogP contribution in [0.5, 0.6) is 5.75 Å². The third-order valence-corrected chi connectivity index (χ3v) is 3.51. The molecule has 0 heterocycles. The lowest BCUT2D eigenvalue weighted by molar-refractivity contribution is 0.252. The van der Waals surface area contributed by atoms with Crippen LogP contribution in [0.15, 0.2) is 24.3 Å². The fourth-order valence-corrected chi connectivity index (χ4v) is 2.17. The molecule has 21 heavy (non-hydrogen) atoms. The Labute approximate surface area is 132 Å². The van der Waals surface area contributed by atoms with Crippen molar-refractivity contribution in [2.75, 3.05) is 33.4 Å². The molecule has 0 aromatic heterocycles. The number of hydrogen-bond donors (Lipinski definition) is 2. The largest absolute Gasteiger partial charge is 0.494 e. The topological polar surface area (TPSA) is 58.7 Å². The van der Waals surface area contributed by atoms with E-state index < -0.39 is 0 Å². The molecule has 0 bridgehead atoms. The molecule has 0 saturated heterocycles. The molecule has 1 rings (SSSR count). The number of ether oxygens (including phenoxy) is 1. The molecule has 0 atom stereocenters. The van der Waals surface area contributed by atoms with Gasteiger partial charge in [-0.2, -0.15) is 0 Å². The molecule has 1 aromatic carbocycles. The number of benzene rings is 1. The van der Waals surface area contributed by atoms with Crippen LogP contribution in [0.3, 0.4) is 0 Å². The van der Waals surface area contributed by atoms with Crippen molar-refractivity contribution in [1.29, 1.82) is 0 Å². The van der Waals surface area contributed by atoms with E-state index in [-0.39, 0.29) is 0 Å². The first-order chi connectivity index (χ1) is 10.1. The summed E-state index contributed by atoms with van der Waals surface area (Å²) >= 11 is 4.95. The van der Waals surface area contributed by atoms with Gasteiger partial charge in [-0.15, -0.1) is 0 Å². The smallest absolute Gasteiger partial charge is 0.119 e. The fourth-order valence-electron chi connectivity index (χ4n) is 2.05. The molecule has 0 amide bonds. The summed E-state index contributed by atoms with van der Waals surface area (Å²) < 4.78 is 5.72. The van der Waals surface area contributed by atoms with E-state index >= 15 is 0 Å². The Kier molecular flexibility index (Phi) is 8.98. The van der Waals surface area contributed by atoms with Gasteiger partial charge in [-0.05, 0) is 51.4 Å². The van der Waals surface area contributed by atoms with Gasteiger partial charge in [-0.1, -0.05) is 24.4 Å². The van der Waals surface area contributed by atoms with Crippen molar-refractivity contribution >= 4 is 17.2 Å². The lowest BCUT2D eigenvalue weighted by atomic mass is 10.2. The van der Waals surface area contributed by atoms with Crippen LogP contribution >= 0.6 is 12.2 Å². The molecular formula is C16H26N2O2S. The second kappa shape index (κ2) is 10.5. The Morgan fingerprint density at radius 1 is 1.24 bits per heavy atom. The highest BCUT2D eigenvalue weighted by Crippen LogP contribution is 2.13. The van der Waals surface area contributed by atoms with Crippen LogP contribution in [0.1, 0.15) is 31.2 Å². The van der Waals surface area contributed by atoms with Crippen molar-refractivity contribution in [3.05, 3.63) is 29.8 Å². The van der Waals surface area contributed by atoms with Crippen molar-refractivity contribution in [3.8, 4) is 5.75 Å². The Balaban J connectivity index is 2.16. The van der Waals surface area contributed by atoms with Gasteiger partial charge in [0.05, 0.1) is 6.61 Å². The highest BCUT2D eigenvalue weighted by atomic mass is 32.1. The molecule has 0 saturated carbocycles. The molecule has 0 aliphatic rings. The molecule has 0 radical (unpaired) electrons. The zero-order chi connectivity index (χ0) is 15.5. The van der Waals surface area contributed by atoms with Gasteiger partial charge in [0.15, 0.2) is 0 Å². The minimum absolute atomic E-state index is 0.294. The quantitative estimate of drug-likeness (QED) is 0.485. The van der Waals surface area contributed by atoms with Gasteiger partial charge >= 0.3 is 0 Å². The first kappa shape index (κ1) is 17.9. The maximum atomic E-state index is 8.72. The predicted octanol–water partition coefficient (Wildman–Crippen LogP) is 2.18. The Morgan fingerprint density at radius 2 is 2.00 bits per heavy atom. The minimum Gasteiger partial charge on any atom is -0.494 e. The van der Waals surface area contributed by atoms with E-state index in [0.717, 1.165) is 50.1 Å². The summed E-state index contributed by atoms with van der Waals surface area (Å²) in [6.07, 6.45) is 4.10. The molecule has 0 aliphatic carbocycles. The number of nitrogens with two attached hydrogens (primary N) is 1. The minimum atomic E-state index is 0.294. The maximum absolute atomic E-state index is 8.72. The zero-order valence-corrected chi connectivity index (χ0v) is 13.6. The maximum Gasteiger partial charge on any atom is 0.119 e. The van der Waals surface area contributed by atoms with Crippen LogP contribution in [0.25, 0.3) is 0 Å². The fraction of sp³-hybridized carbons (Fsp3) is 0.562. The van der Waals surface area contributed by atoms with Gasteiger partial charge in [0.25, 0.3) is 0 Å². The number of thiocarbonyl (C=S) groups is 1. The van der Waals surface area contributed by atoms with E-state index in [1.807, 2.05) is 24.3 Å². The average Bonchev–Trinajstić information content (AvgIpc) is 2.48. The molecule has 118 valence electrons. The first-order valence-electron chi connectivity index (χ1n) is 7.45. The van der Waals surface area contributed by atoms with Crippen LogP contribution in [-0.4, -0.2) is 48.3 Å². The molecule has 0 unspecified atom stereocenters. The summed E-state index contributed by atoms with van der Waals surface area (Å²) in [4.78, 5) is 2.69. The van der Waals surface area contributed by atoms with E-state index in [9.17, 15) is 0 Å². The third-order valence-electron chi connectivity index (χ3n) is 3.27. The Bertz CT molecular complexity index is 426. The predicted molar refractivity (Wildman–Crippen MR) is 90.9 cm³/mol. The van der Waals surface area contributed by atoms with Gasteiger partial charge in [0, 0.05) is 18.7 Å². The number of rotatable bonds is 11. The Morgan fingerprint density at radius 3 is 2.71 bits per heavy atom. The number of aliphatic hydroxyl groups is 1. The molecule has 0 aliphatic heterocycles. The molecule has 1 aromatic rings. The third kappa shape index (κ3) is 7.99. The number of nitrogens with zero attached hydrogens (tertiary/aromatic N) is 1. The second-order valence-electron chi connectivity index (χ2n) is 5.18. The summed E-state index contributed by atoms with van der Waals surface area (Å²) in [5.74, 6) is 0.811. The van der Waals surface area contributed by atoms with Crippen molar-refractivity contribution in [2.45, 2.75) is 25.7 Å². The van der Waals surface area contributed by atoms with Crippen LogP contribution in [0.2, 0.25) is 0 Å². The molecule has 0 spiro atoms. The van der Waals surface area contributed by atoms with E-state index in [0.29, 0.717) is 18.2 Å². The highest BCUT2D eigenvalue weighted by molar-refractivity contribution is 7.80. The SMILES string of the molecule is CN(CCCCCO)CCCOc1cccc(C(N)=S)c1. The standard InChI is InChI=1S/C16H26N2O2S/c1-18(9-3-2-4-11-19)10-6-12-20-15-8-5-7-14(13-15)16(17)21/h5,7-8,13,19H,2-4,6,9-12H2,1H3,(H2,17,21). The van der Waals surface area contributed by atoms with Crippen molar-refractivity contribution in [3.63, 3.8) is 0 Å². The average molecular weight is 310 g/mol. The van der Waals surface area contributed by atoms with Crippen LogP contribution in [-0.2, 0) is 0 Å². The molecule has 5 heteroatoms. The summed E-state index contributed by atoms with van der Waals surface area (Å²) in [7, 11) is 2.12. The van der Waals surface area contributed by atoms with Crippen LogP contribution in [0, 0.1) is 0 Å². The first-order valence-corrected chi connectivity index (χ1v) is 7.86. The lowest BCUT2D eigenvalue weighted by Crippen LogP contribution is -2.22. The summed E-state index contributed by atoms with van der Waals surface area (Å²) in [6.45, 7) is 3.05. The number of unbranched alkanes of at least 4 members (excludes halogenated alkanes) is 2. The van der Waals surface area contributed by atoms with E-state index in [4.69, 9.17) is 27.8 Å². The van der Waals surface area contributed by atoms with Gasteiger partial charge in [-0.3, -0.25) is 0 Å². The lowest BCUT2D eigenvalue weighted by Gasteiger charge is -2.16. The summed E-state index contributed by atoms with van der Waals surface area (Å²) in [5, 5.41) is 8.72. The van der Waals surface area contributed by atoms with E-state index in [2.05, 4.69) is 11.9 Å². The zero-order valence-electron chi connectivity index (χ0n) is 12.8.